The average molecular weight is 168 g/mol. The first-order valence-electron chi connectivity index (χ1n) is 5.40. The van der Waals surface area contributed by atoms with Gasteiger partial charge in [-0.1, -0.05) is 19.8 Å². The van der Waals surface area contributed by atoms with Gasteiger partial charge >= 0.3 is 0 Å². The fourth-order valence-corrected chi connectivity index (χ4v) is 2.97. The molecule has 0 aliphatic heterocycles. The second-order valence-electron chi connectivity index (χ2n) is 4.93. The molecule has 2 aliphatic rings. The highest BCUT2D eigenvalue weighted by molar-refractivity contribution is 5.02. The molecule has 0 amide bonds. The Balaban J connectivity index is 1.87. The second-order valence-corrected chi connectivity index (χ2v) is 4.93. The van der Waals surface area contributed by atoms with E-state index in [-0.39, 0.29) is 0 Å². The molecule has 0 spiro atoms. The molecule has 2 aliphatic carbocycles. The first-order valence-corrected chi connectivity index (χ1v) is 5.40. The lowest BCUT2D eigenvalue weighted by atomic mass is 9.79. The highest BCUT2D eigenvalue weighted by Gasteiger charge is 2.52. The molecule has 0 heterocycles. The van der Waals surface area contributed by atoms with Gasteiger partial charge < -0.3 is 5.11 Å². The Morgan fingerprint density at radius 3 is 2.50 bits per heavy atom. The Kier molecular flexibility index (Phi) is 2.16. The van der Waals surface area contributed by atoms with Crippen LogP contribution in [0.25, 0.3) is 0 Å². The van der Waals surface area contributed by atoms with E-state index in [1.54, 1.807) is 0 Å². The summed E-state index contributed by atoms with van der Waals surface area (Å²) in [4.78, 5) is 0. The van der Waals surface area contributed by atoms with E-state index in [9.17, 15) is 5.11 Å². The van der Waals surface area contributed by atoms with Crippen LogP contribution in [-0.4, -0.2) is 11.7 Å². The Labute approximate surface area is 75.2 Å². The monoisotopic (exact) mass is 168 g/mol. The van der Waals surface area contributed by atoms with Crippen molar-refractivity contribution in [3.63, 3.8) is 0 Å². The topological polar surface area (TPSA) is 20.2 Å². The third-order valence-corrected chi connectivity index (χ3v) is 3.86. The van der Waals surface area contributed by atoms with Gasteiger partial charge in [0.15, 0.2) is 0 Å². The lowest BCUT2D eigenvalue weighted by Crippen LogP contribution is -2.23. The molecule has 2 rings (SSSR count). The van der Waals surface area contributed by atoms with E-state index in [0.29, 0.717) is 12.0 Å². The first kappa shape index (κ1) is 8.55. The highest BCUT2D eigenvalue weighted by Crippen LogP contribution is 2.61. The fraction of sp³-hybridized carbons (Fsp3) is 1.00. The van der Waals surface area contributed by atoms with Crippen molar-refractivity contribution in [2.45, 2.75) is 45.4 Å². The summed E-state index contributed by atoms with van der Waals surface area (Å²) >= 11 is 0. The van der Waals surface area contributed by atoms with Crippen LogP contribution >= 0.6 is 0 Å². The number of aliphatic hydroxyl groups is 1. The Morgan fingerprint density at radius 1 is 1.33 bits per heavy atom. The zero-order chi connectivity index (χ0) is 8.60. The maximum atomic E-state index is 9.38. The van der Waals surface area contributed by atoms with E-state index in [0.717, 1.165) is 11.8 Å². The minimum Gasteiger partial charge on any atom is -0.396 e. The van der Waals surface area contributed by atoms with Gasteiger partial charge in [0, 0.05) is 6.61 Å². The molecule has 0 radical (unpaired) electrons. The number of hydrogen-bond acceptors (Lipinski definition) is 1. The lowest BCUT2D eigenvalue weighted by Gasteiger charge is -2.28. The molecule has 0 aromatic carbocycles. The Bertz CT molecular complexity index is 154. The molecule has 0 aromatic heterocycles. The lowest BCUT2D eigenvalue weighted by molar-refractivity contribution is 0.105. The van der Waals surface area contributed by atoms with Crippen molar-refractivity contribution in [1.82, 2.24) is 0 Å². The maximum Gasteiger partial charge on any atom is 0.0487 e. The van der Waals surface area contributed by atoms with Crippen molar-refractivity contribution >= 4 is 0 Å². The molecule has 12 heavy (non-hydrogen) atoms. The van der Waals surface area contributed by atoms with E-state index >= 15 is 0 Å². The normalized spacial score (nSPS) is 44.5. The summed E-state index contributed by atoms with van der Waals surface area (Å²) in [6, 6.07) is 0. The number of rotatable bonds is 4. The molecule has 0 saturated heterocycles. The number of fused-ring (bicyclic) bond motifs is 1. The Morgan fingerprint density at radius 2 is 2.00 bits per heavy atom. The van der Waals surface area contributed by atoms with Gasteiger partial charge in [0.25, 0.3) is 0 Å². The molecule has 1 N–H and O–H groups in total. The van der Waals surface area contributed by atoms with Crippen molar-refractivity contribution in [3.8, 4) is 0 Å². The summed E-state index contributed by atoms with van der Waals surface area (Å²) in [6.07, 6.45) is 7.97. The van der Waals surface area contributed by atoms with Crippen molar-refractivity contribution in [1.29, 1.82) is 0 Å². The first-order chi connectivity index (χ1) is 5.79. The summed E-state index contributed by atoms with van der Waals surface area (Å²) < 4.78 is 0. The van der Waals surface area contributed by atoms with Crippen LogP contribution in [0.1, 0.15) is 45.4 Å². The minimum atomic E-state index is 0.365. The van der Waals surface area contributed by atoms with Crippen molar-refractivity contribution in [2.24, 2.45) is 17.3 Å². The third kappa shape index (κ3) is 1.39. The van der Waals surface area contributed by atoms with Gasteiger partial charge in [-0.2, -0.15) is 0 Å². The fourth-order valence-electron chi connectivity index (χ4n) is 2.97. The van der Waals surface area contributed by atoms with Crippen LogP contribution in [0.3, 0.4) is 0 Å². The smallest absolute Gasteiger partial charge is 0.0487 e. The van der Waals surface area contributed by atoms with E-state index in [2.05, 4.69) is 6.92 Å². The molecule has 2 atom stereocenters. The molecule has 2 unspecified atom stereocenters. The van der Waals surface area contributed by atoms with Crippen LogP contribution < -0.4 is 0 Å². The van der Waals surface area contributed by atoms with Crippen LogP contribution in [0.2, 0.25) is 0 Å². The average Bonchev–Trinajstić information content (AvgIpc) is 2.72. The van der Waals surface area contributed by atoms with Crippen LogP contribution in [0.5, 0.6) is 0 Å². The molecular formula is C11H20O. The Hall–Kier alpha value is -0.0400. The van der Waals surface area contributed by atoms with Gasteiger partial charge in [-0.25, -0.2) is 0 Å². The number of hydrogen-bond donors (Lipinski definition) is 1. The van der Waals surface area contributed by atoms with E-state index in [4.69, 9.17) is 0 Å². The van der Waals surface area contributed by atoms with Crippen LogP contribution in [0, 0.1) is 17.3 Å². The van der Waals surface area contributed by atoms with E-state index in [1.807, 2.05) is 0 Å². The molecular weight excluding hydrogens is 148 g/mol. The van der Waals surface area contributed by atoms with Gasteiger partial charge in [0.2, 0.25) is 0 Å². The minimum absolute atomic E-state index is 0.365. The summed E-state index contributed by atoms with van der Waals surface area (Å²) in [6.45, 7) is 2.68. The molecule has 2 fully saturated rings. The predicted molar refractivity (Wildman–Crippen MR) is 49.9 cm³/mol. The number of unbranched alkanes of at least 4 members (excludes halogenated alkanes) is 1. The summed E-state index contributed by atoms with van der Waals surface area (Å²) in [5.41, 5.74) is 0.365. The molecule has 2 saturated carbocycles. The van der Waals surface area contributed by atoms with Crippen molar-refractivity contribution in [2.75, 3.05) is 6.61 Å². The largest absolute Gasteiger partial charge is 0.396 e. The standard InChI is InChI=1S/C11H20O/c1-2-3-4-11(8-12)6-9-5-10(9)7-11/h9-10,12H,2-8H2,1H3. The molecule has 0 bridgehead atoms. The third-order valence-electron chi connectivity index (χ3n) is 3.86. The van der Waals surface area contributed by atoms with Gasteiger partial charge in [0.1, 0.15) is 0 Å². The summed E-state index contributed by atoms with van der Waals surface area (Å²) in [5.74, 6) is 2.02. The SMILES string of the molecule is CCCCC1(CO)CC2CC2C1. The molecule has 0 aromatic rings. The van der Waals surface area contributed by atoms with E-state index < -0.39 is 0 Å². The maximum absolute atomic E-state index is 9.38. The molecule has 1 nitrogen and oxygen atoms in total. The van der Waals surface area contributed by atoms with Crippen LogP contribution in [0.4, 0.5) is 0 Å². The van der Waals surface area contributed by atoms with Crippen molar-refractivity contribution < 1.29 is 5.11 Å². The summed E-state index contributed by atoms with van der Waals surface area (Å²) in [7, 11) is 0. The van der Waals surface area contributed by atoms with Crippen LogP contribution in [0.15, 0.2) is 0 Å². The van der Waals surface area contributed by atoms with Crippen molar-refractivity contribution in [3.05, 3.63) is 0 Å². The zero-order valence-electron chi connectivity index (χ0n) is 8.05. The van der Waals surface area contributed by atoms with E-state index in [1.165, 1.54) is 38.5 Å². The summed E-state index contributed by atoms with van der Waals surface area (Å²) in [5, 5.41) is 9.38. The quantitative estimate of drug-likeness (QED) is 0.684. The zero-order valence-corrected chi connectivity index (χ0v) is 8.05. The second kappa shape index (κ2) is 3.02. The molecule has 1 heteroatoms. The van der Waals surface area contributed by atoms with Gasteiger partial charge in [0.05, 0.1) is 0 Å². The van der Waals surface area contributed by atoms with Crippen LogP contribution in [-0.2, 0) is 0 Å². The number of aliphatic hydroxyl groups excluding tert-OH is 1. The van der Waals surface area contributed by atoms with Gasteiger partial charge in [-0.05, 0) is 42.9 Å². The van der Waals surface area contributed by atoms with Gasteiger partial charge in [-0.15, -0.1) is 0 Å². The van der Waals surface area contributed by atoms with Gasteiger partial charge in [-0.3, -0.25) is 0 Å². The highest BCUT2D eigenvalue weighted by atomic mass is 16.3. The predicted octanol–water partition coefficient (Wildman–Crippen LogP) is 2.59. The molecule has 70 valence electrons.